The van der Waals surface area contributed by atoms with Crippen LogP contribution < -0.4 is 10.5 Å². The molecule has 0 aliphatic carbocycles. The summed E-state index contributed by atoms with van der Waals surface area (Å²) in [7, 11) is 4.13. The first-order valence-corrected chi connectivity index (χ1v) is 9.86. The molecule has 2 N–H and O–H groups in total. The second-order valence-electron chi connectivity index (χ2n) is 7.54. The summed E-state index contributed by atoms with van der Waals surface area (Å²) in [4.78, 5) is 14.5. The Balaban J connectivity index is 1.99. The molecule has 0 saturated carbocycles. The number of hydrogen-bond donors (Lipinski definition) is 1. The first-order chi connectivity index (χ1) is 13.9. The van der Waals surface area contributed by atoms with Crippen molar-refractivity contribution in [2.24, 2.45) is 5.73 Å². The highest BCUT2D eigenvalue weighted by atomic mass is 16.5. The number of aromatic nitrogens is 1. The van der Waals surface area contributed by atoms with Crippen LogP contribution in [0.2, 0.25) is 0 Å². The number of amides is 1. The molecule has 5 heteroatoms. The van der Waals surface area contributed by atoms with Crippen LogP contribution in [0.1, 0.15) is 28.2 Å². The van der Waals surface area contributed by atoms with Crippen LogP contribution in [0.5, 0.6) is 11.5 Å². The standard InChI is InChI=1S/C24H29N3O2/c1-17-22(23(24(25)28)18(2)27(17)15-9-14-26(3)4)19-10-8-13-21(16-19)29-20-11-6-5-7-12-20/h5-8,10-13,16H,9,14-15H2,1-4H3,(H2,25,28). The van der Waals surface area contributed by atoms with Gasteiger partial charge in [-0.15, -0.1) is 0 Å². The number of carbonyl (C=O) groups is 1. The molecule has 1 aromatic heterocycles. The molecule has 2 aromatic carbocycles. The zero-order valence-corrected chi connectivity index (χ0v) is 17.6. The van der Waals surface area contributed by atoms with Crippen molar-refractivity contribution < 1.29 is 9.53 Å². The topological polar surface area (TPSA) is 60.5 Å². The highest BCUT2D eigenvalue weighted by molar-refractivity contribution is 6.02. The van der Waals surface area contributed by atoms with Crippen molar-refractivity contribution in [2.45, 2.75) is 26.8 Å². The Hall–Kier alpha value is -3.05. The van der Waals surface area contributed by atoms with Gasteiger partial charge in [0.25, 0.3) is 5.91 Å². The molecule has 0 saturated heterocycles. The summed E-state index contributed by atoms with van der Waals surface area (Å²) in [5.41, 5.74) is 10.1. The van der Waals surface area contributed by atoms with E-state index in [-0.39, 0.29) is 0 Å². The summed E-state index contributed by atoms with van der Waals surface area (Å²) >= 11 is 0. The van der Waals surface area contributed by atoms with Gasteiger partial charge >= 0.3 is 0 Å². The largest absolute Gasteiger partial charge is 0.457 e. The number of rotatable bonds is 8. The molecule has 152 valence electrons. The molecular weight excluding hydrogens is 362 g/mol. The van der Waals surface area contributed by atoms with Gasteiger partial charge in [-0.1, -0.05) is 30.3 Å². The van der Waals surface area contributed by atoms with E-state index in [2.05, 4.69) is 30.5 Å². The molecule has 5 nitrogen and oxygen atoms in total. The molecule has 0 aliphatic rings. The summed E-state index contributed by atoms with van der Waals surface area (Å²) in [5, 5.41) is 0. The lowest BCUT2D eigenvalue weighted by Crippen LogP contribution is -2.16. The van der Waals surface area contributed by atoms with Crippen LogP contribution in [-0.2, 0) is 6.54 Å². The monoisotopic (exact) mass is 391 g/mol. The fraction of sp³-hybridized carbons (Fsp3) is 0.292. The Morgan fingerprint density at radius 3 is 2.34 bits per heavy atom. The van der Waals surface area contributed by atoms with Gasteiger partial charge < -0.3 is 19.9 Å². The van der Waals surface area contributed by atoms with Crippen molar-refractivity contribution in [1.82, 2.24) is 9.47 Å². The van der Waals surface area contributed by atoms with E-state index < -0.39 is 5.91 Å². The first kappa shape index (κ1) is 20.7. The summed E-state index contributed by atoms with van der Waals surface area (Å²) in [6, 6.07) is 17.5. The minimum atomic E-state index is -0.402. The third-order valence-corrected chi connectivity index (χ3v) is 5.12. The van der Waals surface area contributed by atoms with Gasteiger partial charge in [0.2, 0.25) is 0 Å². The summed E-state index contributed by atoms with van der Waals surface area (Å²) in [6.45, 7) is 5.85. The SMILES string of the molecule is Cc1c(C(N)=O)c(-c2cccc(Oc3ccccc3)c2)c(C)n1CCCN(C)C. The Morgan fingerprint density at radius 1 is 1.00 bits per heavy atom. The zero-order chi connectivity index (χ0) is 21.0. The third kappa shape index (κ3) is 4.69. The van der Waals surface area contributed by atoms with Crippen molar-refractivity contribution in [1.29, 1.82) is 0 Å². The lowest BCUT2D eigenvalue weighted by atomic mass is 10.00. The third-order valence-electron chi connectivity index (χ3n) is 5.12. The average molecular weight is 392 g/mol. The van der Waals surface area contributed by atoms with Crippen LogP contribution in [0.15, 0.2) is 54.6 Å². The van der Waals surface area contributed by atoms with E-state index >= 15 is 0 Å². The Labute approximate surface area is 172 Å². The van der Waals surface area contributed by atoms with Gasteiger partial charge in [0, 0.05) is 23.5 Å². The molecule has 0 unspecified atom stereocenters. The van der Waals surface area contributed by atoms with Crippen molar-refractivity contribution in [3.05, 3.63) is 71.5 Å². The van der Waals surface area contributed by atoms with Crippen LogP contribution in [0, 0.1) is 13.8 Å². The van der Waals surface area contributed by atoms with E-state index in [0.717, 1.165) is 53.5 Å². The van der Waals surface area contributed by atoms with Crippen molar-refractivity contribution >= 4 is 5.91 Å². The van der Waals surface area contributed by atoms with Crippen LogP contribution in [0.4, 0.5) is 0 Å². The van der Waals surface area contributed by atoms with Crippen molar-refractivity contribution in [3.63, 3.8) is 0 Å². The fourth-order valence-electron chi connectivity index (χ4n) is 3.76. The van der Waals surface area contributed by atoms with Gasteiger partial charge in [-0.2, -0.15) is 0 Å². The van der Waals surface area contributed by atoms with Gasteiger partial charge in [-0.05, 0) is 70.7 Å². The number of nitrogens with zero attached hydrogens (tertiary/aromatic N) is 2. The number of primary amides is 1. The molecule has 3 rings (SSSR count). The predicted molar refractivity (Wildman–Crippen MR) is 118 cm³/mol. The van der Waals surface area contributed by atoms with Gasteiger partial charge in [0.15, 0.2) is 0 Å². The van der Waals surface area contributed by atoms with E-state index in [0.29, 0.717) is 5.56 Å². The normalized spacial score (nSPS) is 11.1. The Bertz CT molecular complexity index is 991. The average Bonchev–Trinajstić information content (AvgIpc) is 2.93. The minimum Gasteiger partial charge on any atom is -0.457 e. The van der Waals surface area contributed by atoms with Crippen molar-refractivity contribution in [2.75, 3.05) is 20.6 Å². The highest BCUT2D eigenvalue weighted by Gasteiger charge is 2.22. The molecule has 29 heavy (non-hydrogen) atoms. The maximum Gasteiger partial charge on any atom is 0.251 e. The molecule has 0 spiro atoms. The van der Waals surface area contributed by atoms with Gasteiger partial charge in [0.1, 0.15) is 11.5 Å². The van der Waals surface area contributed by atoms with Gasteiger partial charge in [0.05, 0.1) is 5.56 Å². The molecule has 0 atom stereocenters. The quantitative estimate of drug-likeness (QED) is 0.610. The van der Waals surface area contributed by atoms with Gasteiger partial charge in [-0.3, -0.25) is 4.79 Å². The van der Waals surface area contributed by atoms with Crippen molar-refractivity contribution in [3.8, 4) is 22.6 Å². The van der Waals surface area contributed by atoms with E-state index in [1.54, 1.807) is 0 Å². The lowest BCUT2D eigenvalue weighted by molar-refractivity contribution is 0.1000. The molecule has 0 bridgehead atoms. The van der Waals surface area contributed by atoms with E-state index in [1.165, 1.54) is 0 Å². The number of benzene rings is 2. The molecule has 1 heterocycles. The van der Waals surface area contributed by atoms with Crippen LogP contribution in [0.3, 0.4) is 0 Å². The number of carbonyl (C=O) groups excluding carboxylic acids is 1. The highest BCUT2D eigenvalue weighted by Crippen LogP contribution is 2.35. The molecule has 0 fully saturated rings. The number of nitrogens with two attached hydrogens (primary N) is 1. The number of para-hydroxylation sites is 1. The molecule has 0 radical (unpaired) electrons. The van der Waals surface area contributed by atoms with Crippen LogP contribution in [0.25, 0.3) is 11.1 Å². The lowest BCUT2D eigenvalue weighted by Gasteiger charge is -2.13. The van der Waals surface area contributed by atoms with E-state index in [1.807, 2.05) is 61.5 Å². The summed E-state index contributed by atoms with van der Waals surface area (Å²) < 4.78 is 8.18. The molecule has 3 aromatic rings. The molecular formula is C24H29N3O2. The van der Waals surface area contributed by atoms with E-state index in [9.17, 15) is 4.79 Å². The predicted octanol–water partition coefficient (Wildman–Crippen LogP) is 4.61. The smallest absolute Gasteiger partial charge is 0.251 e. The summed E-state index contributed by atoms with van der Waals surface area (Å²) in [5.74, 6) is 1.09. The first-order valence-electron chi connectivity index (χ1n) is 9.86. The summed E-state index contributed by atoms with van der Waals surface area (Å²) in [6.07, 6.45) is 0.998. The molecule has 1 amide bonds. The minimum absolute atomic E-state index is 0.402. The van der Waals surface area contributed by atoms with Crippen LogP contribution >= 0.6 is 0 Å². The van der Waals surface area contributed by atoms with Crippen LogP contribution in [-0.4, -0.2) is 36.0 Å². The van der Waals surface area contributed by atoms with Gasteiger partial charge in [-0.25, -0.2) is 0 Å². The number of ether oxygens (including phenoxy) is 1. The zero-order valence-electron chi connectivity index (χ0n) is 17.6. The number of hydrogen-bond acceptors (Lipinski definition) is 3. The second-order valence-corrected chi connectivity index (χ2v) is 7.54. The maximum absolute atomic E-state index is 12.3. The Morgan fingerprint density at radius 2 is 1.69 bits per heavy atom. The maximum atomic E-state index is 12.3. The fourth-order valence-corrected chi connectivity index (χ4v) is 3.76. The Kier molecular flexibility index (Phi) is 6.39. The van der Waals surface area contributed by atoms with E-state index in [4.69, 9.17) is 10.5 Å². The molecule has 0 aliphatic heterocycles. The second kappa shape index (κ2) is 8.97.